The highest BCUT2D eigenvalue weighted by Gasteiger charge is 2.22. The van der Waals surface area contributed by atoms with Crippen molar-refractivity contribution in [3.8, 4) is 0 Å². The lowest BCUT2D eigenvalue weighted by Gasteiger charge is -2.26. The molecular formula is C11H18N4O2S. The first-order chi connectivity index (χ1) is 8.47. The number of aryl methyl sites for hydroxylation is 1. The zero-order valence-electron chi connectivity index (χ0n) is 10.8. The van der Waals surface area contributed by atoms with Gasteiger partial charge in [0, 0.05) is 19.0 Å². The van der Waals surface area contributed by atoms with E-state index in [9.17, 15) is 4.79 Å². The van der Waals surface area contributed by atoms with E-state index in [0.29, 0.717) is 17.8 Å². The molecule has 1 rings (SSSR count). The summed E-state index contributed by atoms with van der Waals surface area (Å²) < 4.78 is 0. The number of carbonyl (C=O) groups is 1. The van der Waals surface area contributed by atoms with Gasteiger partial charge in [-0.25, -0.2) is 4.98 Å². The molecule has 0 spiro atoms. The lowest BCUT2D eigenvalue weighted by molar-refractivity contribution is 0.0715. The van der Waals surface area contributed by atoms with E-state index in [1.54, 1.807) is 10.4 Å². The van der Waals surface area contributed by atoms with Crippen LogP contribution in [0, 0.1) is 6.92 Å². The average Bonchev–Trinajstić information content (AvgIpc) is 2.74. The zero-order valence-corrected chi connectivity index (χ0v) is 11.6. The average molecular weight is 270 g/mol. The minimum Gasteiger partial charge on any atom is -0.409 e. The molecule has 0 aliphatic heterocycles. The van der Waals surface area contributed by atoms with Crippen LogP contribution in [0.2, 0.25) is 0 Å². The Balaban J connectivity index is 2.80. The molecule has 18 heavy (non-hydrogen) atoms. The number of hydrogen-bond acceptors (Lipinski definition) is 5. The van der Waals surface area contributed by atoms with Crippen LogP contribution in [-0.4, -0.2) is 39.4 Å². The lowest BCUT2D eigenvalue weighted by atomic mass is 10.2. The number of thiazole rings is 1. The normalized spacial score (nSPS) is 11.9. The van der Waals surface area contributed by atoms with E-state index in [2.05, 4.69) is 10.1 Å². The monoisotopic (exact) mass is 270 g/mol. The van der Waals surface area contributed by atoms with Crippen molar-refractivity contribution in [1.29, 1.82) is 0 Å². The standard InChI is InChI=1S/C11H18N4O2S/c1-7(2)15(5-4-9(12)14-17)11(16)10-8(3)13-6-18-10/h6-7,17H,4-5H2,1-3H3,(H2,12,14). The van der Waals surface area contributed by atoms with Crippen LogP contribution in [0.5, 0.6) is 0 Å². The number of amidine groups is 1. The molecule has 0 aromatic carbocycles. The van der Waals surface area contributed by atoms with Gasteiger partial charge in [0.25, 0.3) is 5.91 Å². The van der Waals surface area contributed by atoms with Gasteiger partial charge < -0.3 is 15.8 Å². The van der Waals surface area contributed by atoms with Gasteiger partial charge >= 0.3 is 0 Å². The van der Waals surface area contributed by atoms with Gasteiger partial charge in [-0.3, -0.25) is 4.79 Å². The van der Waals surface area contributed by atoms with E-state index in [0.717, 1.165) is 5.69 Å². The van der Waals surface area contributed by atoms with E-state index >= 15 is 0 Å². The van der Waals surface area contributed by atoms with Crippen molar-refractivity contribution < 1.29 is 10.0 Å². The predicted octanol–water partition coefficient (Wildman–Crippen LogP) is 1.44. The second-order valence-corrected chi connectivity index (χ2v) is 5.06. The summed E-state index contributed by atoms with van der Waals surface area (Å²) in [6.45, 7) is 6.09. The van der Waals surface area contributed by atoms with Gasteiger partial charge in [0.15, 0.2) is 0 Å². The Labute approximate surface area is 110 Å². The van der Waals surface area contributed by atoms with Crippen LogP contribution >= 0.6 is 11.3 Å². The topological polar surface area (TPSA) is 91.8 Å². The lowest BCUT2D eigenvalue weighted by Crippen LogP contribution is -2.39. The quantitative estimate of drug-likeness (QED) is 0.366. The minimum atomic E-state index is -0.0595. The summed E-state index contributed by atoms with van der Waals surface area (Å²) in [5, 5.41) is 11.4. The third kappa shape index (κ3) is 3.43. The molecule has 1 amide bonds. The Morgan fingerprint density at radius 2 is 2.33 bits per heavy atom. The maximum absolute atomic E-state index is 12.3. The molecule has 3 N–H and O–H groups in total. The van der Waals surface area contributed by atoms with Crippen LogP contribution in [0.3, 0.4) is 0 Å². The molecule has 0 aliphatic rings. The SMILES string of the molecule is Cc1ncsc1C(=O)N(CC/C(N)=N/O)C(C)C. The molecule has 100 valence electrons. The van der Waals surface area contributed by atoms with E-state index in [1.807, 2.05) is 20.8 Å². The fraction of sp³-hybridized carbons (Fsp3) is 0.545. The molecule has 0 radical (unpaired) electrons. The maximum atomic E-state index is 12.3. The van der Waals surface area contributed by atoms with Crippen molar-refractivity contribution in [2.24, 2.45) is 10.9 Å². The highest BCUT2D eigenvalue weighted by molar-refractivity contribution is 7.11. The summed E-state index contributed by atoms with van der Waals surface area (Å²) in [5.41, 5.74) is 7.82. The third-order valence-corrected chi connectivity index (χ3v) is 3.48. The molecule has 0 unspecified atom stereocenters. The summed E-state index contributed by atoms with van der Waals surface area (Å²) in [4.78, 5) is 18.7. The van der Waals surface area contributed by atoms with Gasteiger partial charge in [0.1, 0.15) is 10.7 Å². The maximum Gasteiger partial charge on any atom is 0.266 e. The van der Waals surface area contributed by atoms with E-state index in [1.165, 1.54) is 11.3 Å². The number of amides is 1. The summed E-state index contributed by atoms with van der Waals surface area (Å²) in [5.74, 6) is 0.0604. The minimum absolute atomic E-state index is 0.0468. The summed E-state index contributed by atoms with van der Waals surface area (Å²) in [6, 6.07) is 0.0468. The predicted molar refractivity (Wildman–Crippen MR) is 71.0 cm³/mol. The zero-order chi connectivity index (χ0) is 13.7. The van der Waals surface area contributed by atoms with Crippen molar-refractivity contribution in [2.45, 2.75) is 33.2 Å². The Bertz CT molecular complexity index is 442. The second-order valence-electron chi connectivity index (χ2n) is 4.20. The van der Waals surface area contributed by atoms with E-state index < -0.39 is 0 Å². The van der Waals surface area contributed by atoms with Crippen LogP contribution in [0.15, 0.2) is 10.7 Å². The fourth-order valence-electron chi connectivity index (χ4n) is 1.52. The van der Waals surface area contributed by atoms with Gasteiger partial charge in [0.2, 0.25) is 0 Å². The highest BCUT2D eigenvalue weighted by Crippen LogP contribution is 2.17. The molecule has 6 nitrogen and oxygen atoms in total. The fourth-order valence-corrected chi connectivity index (χ4v) is 2.27. The summed E-state index contributed by atoms with van der Waals surface area (Å²) in [7, 11) is 0. The van der Waals surface area contributed by atoms with Gasteiger partial charge in [-0.1, -0.05) is 5.16 Å². The van der Waals surface area contributed by atoms with Gasteiger partial charge in [0.05, 0.1) is 11.2 Å². The first-order valence-corrected chi connectivity index (χ1v) is 6.52. The number of hydrogen-bond donors (Lipinski definition) is 2. The molecule has 0 bridgehead atoms. The largest absolute Gasteiger partial charge is 0.409 e. The summed E-state index contributed by atoms with van der Waals surface area (Å²) >= 11 is 1.33. The van der Waals surface area contributed by atoms with Crippen LogP contribution in [0.4, 0.5) is 0 Å². The first kappa shape index (κ1) is 14.4. The van der Waals surface area contributed by atoms with Crippen molar-refractivity contribution >= 4 is 23.1 Å². The van der Waals surface area contributed by atoms with Crippen molar-refractivity contribution in [3.63, 3.8) is 0 Å². The van der Waals surface area contributed by atoms with Crippen LogP contribution in [0.25, 0.3) is 0 Å². The van der Waals surface area contributed by atoms with Crippen molar-refractivity contribution in [1.82, 2.24) is 9.88 Å². The molecule has 1 heterocycles. The first-order valence-electron chi connectivity index (χ1n) is 5.64. The van der Waals surface area contributed by atoms with Gasteiger partial charge in [-0.05, 0) is 20.8 Å². The number of rotatable bonds is 5. The molecular weight excluding hydrogens is 252 g/mol. The Morgan fingerprint density at radius 3 is 2.78 bits per heavy atom. The van der Waals surface area contributed by atoms with Gasteiger partial charge in [-0.15, -0.1) is 11.3 Å². The number of oxime groups is 1. The number of aromatic nitrogens is 1. The molecule has 0 fully saturated rings. The smallest absolute Gasteiger partial charge is 0.266 e. The molecule has 1 aromatic rings. The molecule has 7 heteroatoms. The Morgan fingerprint density at radius 1 is 1.67 bits per heavy atom. The van der Waals surface area contributed by atoms with E-state index in [-0.39, 0.29) is 17.8 Å². The van der Waals surface area contributed by atoms with Gasteiger partial charge in [-0.2, -0.15) is 0 Å². The number of nitrogens with two attached hydrogens (primary N) is 1. The molecule has 1 aromatic heterocycles. The van der Waals surface area contributed by atoms with Crippen molar-refractivity contribution in [2.75, 3.05) is 6.54 Å². The number of carbonyl (C=O) groups excluding carboxylic acids is 1. The molecule has 0 saturated carbocycles. The second kappa shape index (κ2) is 6.34. The molecule has 0 aliphatic carbocycles. The Hall–Kier alpha value is -1.63. The Kier molecular flexibility index (Phi) is 5.08. The van der Waals surface area contributed by atoms with Crippen molar-refractivity contribution in [3.05, 3.63) is 16.1 Å². The molecule has 0 saturated heterocycles. The highest BCUT2D eigenvalue weighted by atomic mass is 32.1. The van der Waals surface area contributed by atoms with Crippen LogP contribution in [-0.2, 0) is 0 Å². The summed E-state index contributed by atoms with van der Waals surface area (Å²) in [6.07, 6.45) is 0.346. The number of nitrogens with zero attached hydrogens (tertiary/aromatic N) is 3. The molecule has 0 atom stereocenters. The van der Waals surface area contributed by atoms with E-state index in [4.69, 9.17) is 10.9 Å². The van der Waals surface area contributed by atoms with Crippen LogP contribution < -0.4 is 5.73 Å². The van der Waals surface area contributed by atoms with Crippen LogP contribution in [0.1, 0.15) is 35.6 Å². The third-order valence-electron chi connectivity index (χ3n) is 2.56.